The normalized spacial score (nSPS) is 13.0. The van der Waals surface area contributed by atoms with E-state index in [1.54, 1.807) is 13.3 Å². The maximum Gasteiger partial charge on any atom is 0.251 e. The first kappa shape index (κ1) is 16.2. The first-order valence-corrected chi connectivity index (χ1v) is 8.47. The fourth-order valence-electron chi connectivity index (χ4n) is 2.98. The molecule has 1 aromatic heterocycles. The molecule has 1 aliphatic rings. The van der Waals surface area contributed by atoms with Crippen LogP contribution in [0.4, 0.5) is 5.69 Å². The monoisotopic (exact) mass is 349 g/mol. The Morgan fingerprint density at radius 1 is 1.23 bits per heavy atom. The van der Waals surface area contributed by atoms with Gasteiger partial charge < -0.3 is 19.8 Å². The largest absolute Gasteiger partial charge is 0.497 e. The molecule has 6 nitrogen and oxygen atoms in total. The molecule has 132 valence electrons. The topological polar surface area (TPSA) is 76.4 Å². The lowest BCUT2D eigenvalue weighted by Gasteiger charge is -2.17. The standard InChI is InChI=1S/C20H19N3O3/c1-25-16-6-3-14(4-7-16)18-11-23-19(26-18)12-22-15-5-2-13-8-9-21-20(24)17(13)10-15/h2-7,10-11,22H,8-9,12H2,1H3,(H,21,24). The molecule has 0 radical (unpaired) electrons. The van der Waals surface area contributed by atoms with E-state index in [9.17, 15) is 4.79 Å². The zero-order chi connectivity index (χ0) is 17.9. The molecule has 0 fully saturated rings. The molecule has 0 saturated carbocycles. The summed E-state index contributed by atoms with van der Waals surface area (Å²) in [6.07, 6.45) is 2.57. The van der Waals surface area contributed by atoms with E-state index < -0.39 is 0 Å². The van der Waals surface area contributed by atoms with Crippen LogP contribution in [0.5, 0.6) is 5.75 Å². The number of nitrogens with zero attached hydrogens (tertiary/aromatic N) is 1. The van der Waals surface area contributed by atoms with Gasteiger partial charge in [0.15, 0.2) is 5.76 Å². The van der Waals surface area contributed by atoms with E-state index in [0.29, 0.717) is 24.7 Å². The van der Waals surface area contributed by atoms with E-state index in [4.69, 9.17) is 9.15 Å². The molecule has 26 heavy (non-hydrogen) atoms. The van der Waals surface area contributed by atoms with Gasteiger partial charge in [0.2, 0.25) is 5.89 Å². The molecule has 1 amide bonds. The van der Waals surface area contributed by atoms with Crippen molar-refractivity contribution < 1.29 is 13.9 Å². The van der Waals surface area contributed by atoms with E-state index in [-0.39, 0.29) is 5.91 Å². The summed E-state index contributed by atoms with van der Waals surface area (Å²) in [6.45, 7) is 1.14. The zero-order valence-corrected chi connectivity index (χ0v) is 14.4. The van der Waals surface area contributed by atoms with Crippen LogP contribution in [0.3, 0.4) is 0 Å². The molecule has 0 saturated heterocycles. The maximum absolute atomic E-state index is 11.9. The summed E-state index contributed by atoms with van der Waals surface area (Å²) in [5.74, 6) is 2.06. The summed E-state index contributed by atoms with van der Waals surface area (Å²) in [7, 11) is 1.64. The smallest absolute Gasteiger partial charge is 0.251 e. The molecule has 4 rings (SSSR count). The van der Waals surface area contributed by atoms with Gasteiger partial charge in [-0.15, -0.1) is 0 Å². The minimum Gasteiger partial charge on any atom is -0.497 e. The van der Waals surface area contributed by atoms with Crippen LogP contribution in [0.1, 0.15) is 21.8 Å². The quantitative estimate of drug-likeness (QED) is 0.739. The van der Waals surface area contributed by atoms with Crippen molar-refractivity contribution in [1.82, 2.24) is 10.3 Å². The number of carbonyl (C=O) groups is 1. The van der Waals surface area contributed by atoms with Gasteiger partial charge in [-0.1, -0.05) is 6.07 Å². The van der Waals surface area contributed by atoms with Gasteiger partial charge >= 0.3 is 0 Å². The molecule has 2 heterocycles. The van der Waals surface area contributed by atoms with Gasteiger partial charge in [-0.25, -0.2) is 4.98 Å². The zero-order valence-electron chi connectivity index (χ0n) is 14.4. The van der Waals surface area contributed by atoms with Crippen LogP contribution < -0.4 is 15.4 Å². The van der Waals surface area contributed by atoms with E-state index in [1.165, 1.54) is 0 Å². The van der Waals surface area contributed by atoms with Crippen molar-refractivity contribution in [3.8, 4) is 17.1 Å². The van der Waals surface area contributed by atoms with Gasteiger partial charge in [0.05, 0.1) is 19.9 Å². The first-order valence-electron chi connectivity index (χ1n) is 8.47. The van der Waals surface area contributed by atoms with Crippen LogP contribution in [-0.2, 0) is 13.0 Å². The number of methoxy groups -OCH3 is 1. The van der Waals surface area contributed by atoms with Crippen molar-refractivity contribution in [2.75, 3.05) is 19.0 Å². The number of hydrogen-bond acceptors (Lipinski definition) is 5. The predicted molar refractivity (Wildman–Crippen MR) is 98.3 cm³/mol. The van der Waals surface area contributed by atoms with E-state index in [2.05, 4.69) is 15.6 Å². The molecule has 2 aromatic carbocycles. The molecule has 0 aliphatic carbocycles. The second-order valence-electron chi connectivity index (χ2n) is 6.08. The summed E-state index contributed by atoms with van der Waals surface area (Å²) in [6, 6.07) is 13.5. The average molecular weight is 349 g/mol. The second-order valence-corrected chi connectivity index (χ2v) is 6.08. The predicted octanol–water partition coefficient (Wildman–Crippen LogP) is 3.25. The number of anilines is 1. The highest BCUT2D eigenvalue weighted by Gasteiger charge is 2.16. The van der Waals surface area contributed by atoms with Crippen molar-refractivity contribution in [3.05, 3.63) is 65.7 Å². The minimum atomic E-state index is -0.0205. The lowest BCUT2D eigenvalue weighted by atomic mass is 10.00. The Morgan fingerprint density at radius 2 is 2.08 bits per heavy atom. The number of amides is 1. The van der Waals surface area contributed by atoms with Gasteiger partial charge in [-0.3, -0.25) is 4.79 Å². The number of carbonyl (C=O) groups excluding carboxylic acids is 1. The third-order valence-corrected chi connectivity index (χ3v) is 4.41. The molecular formula is C20H19N3O3. The lowest BCUT2D eigenvalue weighted by molar-refractivity contribution is 0.0946. The third-order valence-electron chi connectivity index (χ3n) is 4.41. The highest BCUT2D eigenvalue weighted by molar-refractivity contribution is 5.97. The Bertz CT molecular complexity index is 932. The van der Waals surface area contributed by atoms with Gasteiger partial charge in [0.25, 0.3) is 5.91 Å². The molecule has 0 unspecified atom stereocenters. The number of nitrogens with one attached hydrogen (secondary N) is 2. The van der Waals surface area contributed by atoms with Crippen molar-refractivity contribution in [1.29, 1.82) is 0 Å². The summed E-state index contributed by atoms with van der Waals surface area (Å²) in [4.78, 5) is 16.3. The summed E-state index contributed by atoms with van der Waals surface area (Å²) < 4.78 is 11.0. The van der Waals surface area contributed by atoms with E-state index in [0.717, 1.165) is 34.5 Å². The fourth-order valence-corrected chi connectivity index (χ4v) is 2.98. The van der Waals surface area contributed by atoms with Crippen molar-refractivity contribution in [2.45, 2.75) is 13.0 Å². The molecule has 3 aromatic rings. The molecule has 0 bridgehead atoms. The maximum atomic E-state index is 11.9. The first-order chi connectivity index (χ1) is 12.7. The van der Waals surface area contributed by atoms with Crippen LogP contribution in [-0.4, -0.2) is 24.5 Å². The Hall–Kier alpha value is -3.28. The Labute approximate surface area is 151 Å². The number of rotatable bonds is 5. The van der Waals surface area contributed by atoms with Gasteiger partial charge in [-0.2, -0.15) is 0 Å². The molecular weight excluding hydrogens is 330 g/mol. The number of fused-ring (bicyclic) bond motifs is 1. The van der Waals surface area contributed by atoms with Crippen LogP contribution in [0.15, 0.2) is 53.1 Å². The summed E-state index contributed by atoms with van der Waals surface area (Å²) in [5, 5.41) is 6.12. The van der Waals surface area contributed by atoms with Crippen LogP contribution in [0.2, 0.25) is 0 Å². The van der Waals surface area contributed by atoms with Crippen molar-refractivity contribution >= 4 is 11.6 Å². The van der Waals surface area contributed by atoms with E-state index >= 15 is 0 Å². The lowest BCUT2D eigenvalue weighted by Crippen LogP contribution is -2.31. The van der Waals surface area contributed by atoms with E-state index in [1.807, 2.05) is 42.5 Å². The SMILES string of the molecule is COc1ccc(-c2cnc(CNc3ccc4c(c3)C(=O)NCC4)o2)cc1. The van der Waals surface area contributed by atoms with Crippen molar-refractivity contribution in [2.24, 2.45) is 0 Å². The number of benzene rings is 2. The molecule has 2 N–H and O–H groups in total. The van der Waals surface area contributed by atoms with Crippen molar-refractivity contribution in [3.63, 3.8) is 0 Å². The van der Waals surface area contributed by atoms with Gasteiger partial charge in [0.1, 0.15) is 5.75 Å². The Kier molecular flexibility index (Phi) is 4.31. The molecule has 0 spiro atoms. The van der Waals surface area contributed by atoms with Crippen LogP contribution in [0, 0.1) is 0 Å². The van der Waals surface area contributed by atoms with Gasteiger partial charge in [0, 0.05) is 23.4 Å². The Balaban J connectivity index is 1.45. The fraction of sp³-hybridized carbons (Fsp3) is 0.200. The molecule has 1 aliphatic heterocycles. The van der Waals surface area contributed by atoms with Gasteiger partial charge in [-0.05, 0) is 48.4 Å². The highest BCUT2D eigenvalue weighted by Crippen LogP contribution is 2.24. The number of hydrogen-bond donors (Lipinski definition) is 2. The second kappa shape index (κ2) is 6.92. The average Bonchev–Trinajstić information content (AvgIpc) is 3.16. The Morgan fingerprint density at radius 3 is 2.88 bits per heavy atom. The molecule has 6 heteroatoms. The summed E-state index contributed by atoms with van der Waals surface area (Å²) >= 11 is 0. The van der Waals surface area contributed by atoms with Crippen LogP contribution >= 0.6 is 0 Å². The number of aromatic nitrogens is 1. The third kappa shape index (κ3) is 3.26. The minimum absolute atomic E-state index is 0.0205. The summed E-state index contributed by atoms with van der Waals surface area (Å²) in [5.41, 5.74) is 3.62. The molecule has 0 atom stereocenters. The number of oxazole rings is 1. The highest BCUT2D eigenvalue weighted by atomic mass is 16.5. The number of ether oxygens (including phenoxy) is 1. The van der Waals surface area contributed by atoms with Crippen LogP contribution in [0.25, 0.3) is 11.3 Å².